The largest absolute Gasteiger partial charge is 0.493 e. The molecular weight excluding hydrogens is 364 g/mol. The summed E-state index contributed by atoms with van der Waals surface area (Å²) in [6.45, 7) is 1.72. The van der Waals surface area contributed by atoms with Crippen LogP contribution in [0.5, 0.6) is 11.5 Å². The normalized spacial score (nSPS) is 17.4. The Morgan fingerprint density at radius 3 is 2.96 bits per heavy atom. The molecule has 2 aliphatic rings. The summed E-state index contributed by atoms with van der Waals surface area (Å²) in [5, 5.41) is 6.52. The lowest BCUT2D eigenvalue weighted by molar-refractivity contribution is -0.117. The van der Waals surface area contributed by atoms with Crippen molar-refractivity contribution < 1.29 is 14.3 Å². The van der Waals surface area contributed by atoms with Crippen LogP contribution in [0.25, 0.3) is 6.08 Å². The molecule has 0 saturated carbocycles. The molecule has 0 radical (unpaired) electrons. The molecule has 5 nitrogen and oxygen atoms in total. The topological polar surface area (TPSA) is 59.6 Å². The average molecular weight is 387 g/mol. The Morgan fingerprint density at radius 2 is 2.11 bits per heavy atom. The van der Waals surface area contributed by atoms with Crippen molar-refractivity contribution in [1.29, 1.82) is 0 Å². The van der Waals surface area contributed by atoms with Crippen molar-refractivity contribution in [1.82, 2.24) is 10.6 Å². The molecule has 0 aliphatic carbocycles. The van der Waals surface area contributed by atoms with Crippen molar-refractivity contribution in [2.75, 3.05) is 26.8 Å². The number of halogens is 1. The van der Waals surface area contributed by atoms with Crippen molar-refractivity contribution in [2.45, 2.75) is 12.5 Å². The lowest BCUT2D eigenvalue weighted by atomic mass is 9.94. The van der Waals surface area contributed by atoms with E-state index >= 15 is 0 Å². The van der Waals surface area contributed by atoms with E-state index in [1.54, 1.807) is 7.11 Å². The number of methoxy groups -OCH3 is 1. The van der Waals surface area contributed by atoms with Crippen molar-refractivity contribution >= 4 is 24.4 Å². The predicted octanol–water partition coefficient (Wildman–Crippen LogP) is 2.90. The molecule has 6 heteroatoms. The Balaban J connectivity index is 0.00000210. The van der Waals surface area contributed by atoms with Crippen LogP contribution >= 0.6 is 12.4 Å². The number of para-hydroxylation sites is 1. The van der Waals surface area contributed by atoms with Crippen LogP contribution in [-0.2, 0) is 11.2 Å². The molecule has 0 fully saturated rings. The third-order valence-corrected chi connectivity index (χ3v) is 4.90. The molecule has 0 aromatic heterocycles. The number of hydrogen-bond donors (Lipinski definition) is 2. The monoisotopic (exact) mass is 386 g/mol. The van der Waals surface area contributed by atoms with Crippen molar-refractivity contribution in [3.8, 4) is 11.5 Å². The van der Waals surface area contributed by atoms with E-state index in [0.29, 0.717) is 23.6 Å². The van der Waals surface area contributed by atoms with E-state index in [-0.39, 0.29) is 31.0 Å². The second-order valence-electron chi connectivity index (χ2n) is 6.50. The minimum Gasteiger partial charge on any atom is -0.493 e. The first-order valence-electron chi connectivity index (χ1n) is 8.86. The fourth-order valence-electron chi connectivity index (χ4n) is 3.56. The summed E-state index contributed by atoms with van der Waals surface area (Å²) < 4.78 is 11.1. The number of benzene rings is 2. The molecule has 1 unspecified atom stereocenters. The van der Waals surface area contributed by atoms with Gasteiger partial charge < -0.3 is 20.1 Å². The summed E-state index contributed by atoms with van der Waals surface area (Å²) >= 11 is 0. The van der Waals surface area contributed by atoms with Gasteiger partial charge >= 0.3 is 0 Å². The highest BCUT2D eigenvalue weighted by Crippen LogP contribution is 2.35. The van der Waals surface area contributed by atoms with E-state index in [2.05, 4.69) is 28.8 Å². The number of nitrogens with one attached hydrogen (secondary N) is 2. The maximum absolute atomic E-state index is 12.6. The molecule has 2 N–H and O–H groups in total. The predicted molar refractivity (Wildman–Crippen MR) is 108 cm³/mol. The van der Waals surface area contributed by atoms with E-state index in [4.69, 9.17) is 9.47 Å². The molecule has 142 valence electrons. The van der Waals surface area contributed by atoms with E-state index in [9.17, 15) is 4.79 Å². The first-order valence-corrected chi connectivity index (χ1v) is 8.86. The molecule has 0 bridgehead atoms. The molecular formula is C21H23ClN2O3. The molecule has 27 heavy (non-hydrogen) atoms. The lowest BCUT2D eigenvalue weighted by Gasteiger charge is -2.27. The van der Waals surface area contributed by atoms with E-state index in [1.165, 1.54) is 11.1 Å². The quantitative estimate of drug-likeness (QED) is 0.848. The van der Waals surface area contributed by atoms with Crippen LogP contribution in [-0.4, -0.2) is 32.7 Å². The number of carbonyl (C=O) groups excluding carboxylic acids is 1. The fraction of sp³-hybridized carbons (Fsp3) is 0.286. The smallest absolute Gasteiger partial charge is 0.250 e. The zero-order valence-electron chi connectivity index (χ0n) is 15.2. The highest BCUT2D eigenvalue weighted by molar-refractivity contribution is 5.99. The molecule has 1 amide bonds. The van der Waals surface area contributed by atoms with Gasteiger partial charge in [-0.1, -0.05) is 36.4 Å². The van der Waals surface area contributed by atoms with Gasteiger partial charge in [0.1, 0.15) is 6.61 Å². The summed E-state index contributed by atoms with van der Waals surface area (Å²) in [7, 11) is 1.61. The summed E-state index contributed by atoms with van der Waals surface area (Å²) in [5.74, 6) is 1.28. The van der Waals surface area contributed by atoms with Gasteiger partial charge in [-0.05, 0) is 36.2 Å². The van der Waals surface area contributed by atoms with E-state index in [1.807, 2.05) is 30.3 Å². The average Bonchev–Trinajstić information content (AvgIpc) is 2.71. The standard InChI is InChI=1S/C21H22N2O3.ClH/c1-25-19-8-4-6-15-11-16(13-26-20(15)19)21(24)23-12-18-17-7-3-2-5-14(17)9-10-22-18;/h2-8,11,18,22H,9-10,12-13H2,1H3,(H,23,24);1H. The van der Waals surface area contributed by atoms with Crippen LogP contribution in [0, 0.1) is 0 Å². The van der Waals surface area contributed by atoms with Crippen LogP contribution in [0.4, 0.5) is 0 Å². The van der Waals surface area contributed by atoms with Gasteiger partial charge in [-0.15, -0.1) is 12.4 Å². The Labute approximate surface area is 165 Å². The van der Waals surface area contributed by atoms with Gasteiger partial charge in [0.25, 0.3) is 5.91 Å². The van der Waals surface area contributed by atoms with Crippen molar-refractivity contribution in [2.24, 2.45) is 0 Å². The number of hydrogen-bond acceptors (Lipinski definition) is 4. The van der Waals surface area contributed by atoms with Crippen LogP contribution < -0.4 is 20.1 Å². The summed E-state index contributed by atoms with van der Waals surface area (Å²) in [6, 6.07) is 14.2. The molecule has 0 spiro atoms. The summed E-state index contributed by atoms with van der Waals surface area (Å²) in [4.78, 5) is 12.6. The van der Waals surface area contributed by atoms with Gasteiger partial charge in [0.2, 0.25) is 0 Å². The minimum atomic E-state index is -0.0941. The van der Waals surface area contributed by atoms with E-state index < -0.39 is 0 Å². The van der Waals surface area contributed by atoms with Gasteiger partial charge in [-0.2, -0.15) is 0 Å². The van der Waals surface area contributed by atoms with Gasteiger partial charge in [-0.3, -0.25) is 4.79 Å². The third-order valence-electron chi connectivity index (χ3n) is 4.90. The molecule has 2 aromatic carbocycles. The summed E-state index contributed by atoms with van der Waals surface area (Å²) in [6.07, 6.45) is 2.90. The number of carbonyl (C=O) groups is 1. The second-order valence-corrected chi connectivity index (χ2v) is 6.50. The number of rotatable bonds is 4. The van der Waals surface area contributed by atoms with Crippen LogP contribution in [0.1, 0.15) is 22.7 Å². The van der Waals surface area contributed by atoms with Gasteiger partial charge in [0.05, 0.1) is 12.7 Å². The number of fused-ring (bicyclic) bond motifs is 2. The highest BCUT2D eigenvalue weighted by Gasteiger charge is 2.23. The van der Waals surface area contributed by atoms with Crippen LogP contribution in [0.2, 0.25) is 0 Å². The SMILES string of the molecule is COc1cccc2c1OCC(C(=O)NCC1NCCc3ccccc31)=C2.Cl. The number of ether oxygens (including phenoxy) is 2. The highest BCUT2D eigenvalue weighted by atomic mass is 35.5. The maximum atomic E-state index is 12.6. The second kappa shape index (κ2) is 8.46. The Hall–Kier alpha value is -2.50. The van der Waals surface area contributed by atoms with Gasteiger partial charge in [0.15, 0.2) is 11.5 Å². The first-order chi connectivity index (χ1) is 12.8. The minimum absolute atomic E-state index is 0. The third kappa shape index (κ3) is 3.94. The van der Waals surface area contributed by atoms with Crippen LogP contribution in [0.3, 0.4) is 0 Å². The molecule has 2 aliphatic heterocycles. The van der Waals surface area contributed by atoms with Gasteiger partial charge in [-0.25, -0.2) is 0 Å². The lowest BCUT2D eigenvalue weighted by Crippen LogP contribution is -2.39. The maximum Gasteiger partial charge on any atom is 0.250 e. The molecule has 2 heterocycles. The van der Waals surface area contributed by atoms with Gasteiger partial charge in [0, 0.05) is 18.2 Å². The first kappa shape index (κ1) is 19.3. The molecule has 2 aromatic rings. The van der Waals surface area contributed by atoms with E-state index in [0.717, 1.165) is 18.5 Å². The Bertz CT molecular complexity index is 866. The zero-order chi connectivity index (χ0) is 17.9. The Kier molecular flexibility index (Phi) is 6.04. The molecule has 4 rings (SSSR count). The summed E-state index contributed by atoms with van der Waals surface area (Å²) in [5.41, 5.74) is 4.10. The van der Waals surface area contributed by atoms with Crippen LogP contribution in [0.15, 0.2) is 48.0 Å². The van der Waals surface area contributed by atoms with Crippen molar-refractivity contribution in [3.05, 3.63) is 64.7 Å². The zero-order valence-corrected chi connectivity index (χ0v) is 16.0. The molecule has 1 atom stereocenters. The molecule has 0 saturated heterocycles. The fourth-order valence-corrected chi connectivity index (χ4v) is 3.56. The van der Waals surface area contributed by atoms with Crippen molar-refractivity contribution in [3.63, 3.8) is 0 Å². The number of amides is 1. The Morgan fingerprint density at radius 1 is 1.26 bits per heavy atom.